The molecule has 0 fully saturated rings. The van der Waals surface area contributed by atoms with Gasteiger partial charge in [0.25, 0.3) is 0 Å². The number of nitrogens with one attached hydrogen (secondary N) is 1. The quantitative estimate of drug-likeness (QED) is 0.329. The third kappa shape index (κ3) is 6.10. The molecule has 39 heavy (non-hydrogen) atoms. The van der Waals surface area contributed by atoms with Gasteiger partial charge < -0.3 is 10.2 Å². The molecule has 0 radical (unpaired) electrons. The average molecular weight is 528 g/mol. The normalized spacial score (nSPS) is 14.1. The van der Waals surface area contributed by atoms with Crippen molar-refractivity contribution in [2.45, 2.75) is 68.2 Å². The molecule has 0 atom stereocenters. The van der Waals surface area contributed by atoms with E-state index in [4.69, 9.17) is 20.2 Å². The molecule has 0 saturated heterocycles. The van der Waals surface area contributed by atoms with E-state index in [2.05, 4.69) is 70.0 Å². The molecule has 1 N–H and O–H groups in total. The van der Waals surface area contributed by atoms with Gasteiger partial charge in [0.1, 0.15) is 5.71 Å². The summed E-state index contributed by atoms with van der Waals surface area (Å²) >= 11 is 0. The second kappa shape index (κ2) is 11.5. The smallest absolute Gasteiger partial charge is 0.226 e. The number of aliphatic imine (C=N–C) groups is 1. The van der Waals surface area contributed by atoms with E-state index in [1.807, 2.05) is 38.1 Å². The first-order valence-corrected chi connectivity index (χ1v) is 13.9. The molecule has 0 unspecified atom stereocenters. The number of unbranched alkanes of at least 4 members (excludes halogenated alkanes) is 1. The van der Waals surface area contributed by atoms with Crippen LogP contribution in [0.25, 0.3) is 11.4 Å². The Bertz CT molecular complexity index is 1410. The van der Waals surface area contributed by atoms with Gasteiger partial charge in [-0.15, -0.1) is 9.89 Å². The van der Waals surface area contributed by atoms with Crippen molar-refractivity contribution >= 4 is 34.4 Å². The van der Waals surface area contributed by atoms with E-state index < -0.39 is 0 Å². The van der Waals surface area contributed by atoms with E-state index in [-0.39, 0.29) is 17.2 Å². The standard InChI is InChI=1S/C31H41N7O/c1-9-11-18-37(10-2)22-16-17-24(21(5)19-22)32-26-27(31(6,7)8)35-38-29(26)34-28(36-38)23-14-12-13-15-25(23)33-30(39)20(3)4/h12-17,19-20H,9-11,18H2,1-8H3,(H,33,39). The van der Waals surface area contributed by atoms with Crippen molar-refractivity contribution in [2.24, 2.45) is 21.4 Å². The van der Waals surface area contributed by atoms with Crippen LogP contribution in [0.2, 0.25) is 0 Å². The third-order valence-electron chi connectivity index (χ3n) is 6.82. The summed E-state index contributed by atoms with van der Waals surface area (Å²) < 4.78 is 0. The van der Waals surface area contributed by atoms with E-state index in [1.54, 1.807) is 4.79 Å². The number of para-hydroxylation sites is 1. The molecule has 0 bridgehead atoms. The first kappa shape index (κ1) is 28.2. The minimum absolute atomic E-state index is 0.0558. The first-order valence-electron chi connectivity index (χ1n) is 13.9. The fraction of sp³-hybridized carbons (Fsp3) is 0.452. The number of fused-ring (bicyclic) bond motifs is 1. The Morgan fingerprint density at radius 2 is 1.87 bits per heavy atom. The van der Waals surface area contributed by atoms with Crippen LogP contribution in [0.5, 0.6) is 0 Å². The van der Waals surface area contributed by atoms with E-state index in [0.29, 0.717) is 17.3 Å². The van der Waals surface area contributed by atoms with Crippen molar-refractivity contribution in [1.29, 1.82) is 0 Å². The van der Waals surface area contributed by atoms with Crippen LogP contribution < -0.4 is 10.2 Å². The number of anilines is 2. The van der Waals surface area contributed by atoms with Gasteiger partial charge in [-0.1, -0.05) is 60.1 Å². The number of nitrogens with zero attached hydrogens (tertiary/aromatic N) is 6. The average Bonchev–Trinajstić information content (AvgIpc) is 3.45. The van der Waals surface area contributed by atoms with Crippen LogP contribution in [0.3, 0.4) is 0 Å². The van der Waals surface area contributed by atoms with Crippen molar-refractivity contribution in [3.8, 4) is 11.4 Å². The molecule has 0 spiro atoms. The lowest BCUT2D eigenvalue weighted by Gasteiger charge is -2.23. The first-order chi connectivity index (χ1) is 18.5. The van der Waals surface area contributed by atoms with Gasteiger partial charge in [0, 0.05) is 35.7 Å². The van der Waals surface area contributed by atoms with Crippen LogP contribution in [0.15, 0.2) is 52.6 Å². The Morgan fingerprint density at radius 1 is 1.13 bits per heavy atom. The lowest BCUT2D eigenvalue weighted by molar-refractivity contribution is -0.118. The number of benzene rings is 2. The second-order valence-corrected chi connectivity index (χ2v) is 11.4. The monoisotopic (exact) mass is 527 g/mol. The van der Waals surface area contributed by atoms with Crippen LogP contribution in [0.1, 0.15) is 72.7 Å². The van der Waals surface area contributed by atoms with Crippen molar-refractivity contribution in [3.05, 3.63) is 53.9 Å². The molecule has 3 aromatic rings. The van der Waals surface area contributed by atoms with E-state index in [9.17, 15) is 4.79 Å². The van der Waals surface area contributed by atoms with E-state index in [0.717, 1.165) is 41.3 Å². The molecular weight excluding hydrogens is 486 g/mol. The zero-order valence-corrected chi connectivity index (χ0v) is 24.5. The molecule has 1 aromatic heterocycles. The summed E-state index contributed by atoms with van der Waals surface area (Å²) in [6.07, 6.45) is 2.35. The Labute approximate surface area is 232 Å². The topological polar surface area (TPSA) is 87.8 Å². The van der Waals surface area contributed by atoms with Gasteiger partial charge in [0.05, 0.1) is 17.1 Å². The number of carbonyl (C=O) groups is 1. The molecule has 1 aliphatic heterocycles. The minimum Gasteiger partial charge on any atom is -0.372 e. The molecule has 206 valence electrons. The zero-order chi connectivity index (χ0) is 28.3. The largest absolute Gasteiger partial charge is 0.372 e. The molecule has 8 nitrogen and oxygen atoms in total. The van der Waals surface area contributed by atoms with Gasteiger partial charge in [0.15, 0.2) is 5.82 Å². The molecule has 1 amide bonds. The number of carbonyl (C=O) groups excluding carboxylic acids is 1. The molecule has 2 aromatic carbocycles. The maximum absolute atomic E-state index is 12.4. The number of rotatable bonds is 9. The van der Waals surface area contributed by atoms with Crippen LogP contribution in [-0.2, 0) is 4.79 Å². The maximum Gasteiger partial charge on any atom is 0.226 e. The van der Waals surface area contributed by atoms with Crippen molar-refractivity contribution < 1.29 is 4.79 Å². The molecule has 4 rings (SSSR count). The Balaban J connectivity index is 1.75. The van der Waals surface area contributed by atoms with Crippen LogP contribution in [-0.4, -0.2) is 45.3 Å². The van der Waals surface area contributed by atoms with Gasteiger partial charge in [-0.2, -0.15) is 5.10 Å². The summed E-state index contributed by atoms with van der Waals surface area (Å²) in [7, 11) is 0. The van der Waals surface area contributed by atoms with Crippen molar-refractivity contribution in [1.82, 2.24) is 14.9 Å². The third-order valence-corrected chi connectivity index (χ3v) is 6.82. The molecule has 0 aliphatic carbocycles. The number of aryl methyl sites for hydroxylation is 1. The van der Waals surface area contributed by atoms with E-state index >= 15 is 0 Å². The van der Waals surface area contributed by atoms with Gasteiger partial charge in [-0.3, -0.25) is 4.79 Å². The Kier molecular flexibility index (Phi) is 8.33. The highest BCUT2D eigenvalue weighted by Gasteiger charge is 2.35. The summed E-state index contributed by atoms with van der Waals surface area (Å²) in [4.78, 5) is 26.4. The van der Waals surface area contributed by atoms with Gasteiger partial charge in [-0.25, -0.2) is 9.98 Å². The summed E-state index contributed by atoms with van der Waals surface area (Å²) in [6, 6.07) is 14.0. The summed E-state index contributed by atoms with van der Waals surface area (Å²) in [5.41, 5.74) is 5.93. The highest BCUT2D eigenvalue weighted by atomic mass is 16.1. The fourth-order valence-electron chi connectivity index (χ4n) is 4.46. The fourth-order valence-corrected chi connectivity index (χ4v) is 4.46. The molecule has 1 aliphatic rings. The summed E-state index contributed by atoms with van der Waals surface area (Å²) in [5.74, 6) is 0.901. The highest BCUT2D eigenvalue weighted by Crippen LogP contribution is 2.32. The van der Waals surface area contributed by atoms with Crippen molar-refractivity contribution in [2.75, 3.05) is 23.3 Å². The highest BCUT2D eigenvalue weighted by molar-refractivity contribution is 6.50. The Morgan fingerprint density at radius 3 is 2.51 bits per heavy atom. The summed E-state index contributed by atoms with van der Waals surface area (Å²) in [5, 5.41) is 12.5. The number of hydrogen-bond donors (Lipinski definition) is 1. The number of aromatic nitrogens is 3. The van der Waals surface area contributed by atoms with E-state index in [1.165, 1.54) is 18.5 Å². The van der Waals surface area contributed by atoms with Gasteiger partial charge in [0.2, 0.25) is 11.7 Å². The minimum atomic E-state index is -0.252. The zero-order valence-electron chi connectivity index (χ0n) is 24.5. The van der Waals surface area contributed by atoms with Crippen LogP contribution in [0, 0.1) is 18.3 Å². The number of hydrogen-bond acceptors (Lipinski definition) is 6. The predicted molar refractivity (Wildman–Crippen MR) is 161 cm³/mol. The lowest BCUT2D eigenvalue weighted by Crippen LogP contribution is -2.27. The molecular formula is C31H41N7O. The lowest BCUT2D eigenvalue weighted by atomic mass is 9.87. The SMILES string of the molecule is CCCCN(CC)c1ccc(N=C2C(C(C)(C)C)=Nn3nc(-c4ccccc4NC(=O)C(C)C)nc32)c(C)c1. The van der Waals surface area contributed by atoms with Gasteiger partial charge >= 0.3 is 0 Å². The number of amides is 1. The van der Waals surface area contributed by atoms with Gasteiger partial charge in [-0.05, 0) is 56.2 Å². The molecule has 8 heteroatoms. The Hall–Kier alpha value is -3.81. The molecule has 0 saturated carbocycles. The molecule has 2 heterocycles. The second-order valence-electron chi connectivity index (χ2n) is 11.4. The van der Waals surface area contributed by atoms with Crippen molar-refractivity contribution in [3.63, 3.8) is 0 Å². The summed E-state index contributed by atoms with van der Waals surface area (Å²) in [6.45, 7) is 18.6. The van der Waals surface area contributed by atoms with Crippen LogP contribution >= 0.6 is 0 Å². The predicted octanol–water partition coefficient (Wildman–Crippen LogP) is 6.86. The van der Waals surface area contributed by atoms with Crippen LogP contribution in [0.4, 0.5) is 17.1 Å². The maximum atomic E-state index is 12.4.